The second-order valence-corrected chi connectivity index (χ2v) is 6.83. The lowest BCUT2D eigenvalue weighted by Crippen LogP contribution is -2.31. The zero-order valence-corrected chi connectivity index (χ0v) is 15.0. The van der Waals surface area contributed by atoms with Crippen molar-refractivity contribution in [3.63, 3.8) is 0 Å². The topological polar surface area (TPSA) is 83.0 Å². The molecule has 7 heteroatoms. The molecule has 0 unspecified atom stereocenters. The summed E-state index contributed by atoms with van der Waals surface area (Å²) in [6.45, 7) is 3.43. The molecule has 0 bridgehead atoms. The third-order valence-electron chi connectivity index (χ3n) is 5.20. The summed E-state index contributed by atoms with van der Waals surface area (Å²) in [4.78, 5) is 28.2. The highest BCUT2D eigenvalue weighted by molar-refractivity contribution is 5.79. The van der Waals surface area contributed by atoms with Crippen molar-refractivity contribution in [2.75, 3.05) is 38.1 Å². The second kappa shape index (κ2) is 7.37. The summed E-state index contributed by atoms with van der Waals surface area (Å²) in [6.07, 6.45) is 6.21. The Hall–Kier alpha value is -2.54. The highest BCUT2D eigenvalue weighted by Gasteiger charge is 2.31. The van der Waals surface area contributed by atoms with E-state index in [9.17, 15) is 4.79 Å². The van der Waals surface area contributed by atoms with Gasteiger partial charge in [0.2, 0.25) is 5.91 Å². The van der Waals surface area contributed by atoms with E-state index in [-0.39, 0.29) is 11.8 Å². The highest BCUT2D eigenvalue weighted by Crippen LogP contribution is 2.30. The van der Waals surface area contributed by atoms with Gasteiger partial charge in [-0.15, -0.1) is 0 Å². The summed E-state index contributed by atoms with van der Waals surface area (Å²) < 4.78 is 0. The van der Waals surface area contributed by atoms with Gasteiger partial charge in [0.25, 0.3) is 0 Å². The molecule has 0 aromatic carbocycles. The third-order valence-corrected chi connectivity index (χ3v) is 5.20. The van der Waals surface area contributed by atoms with Crippen molar-refractivity contribution in [3.8, 4) is 11.4 Å². The SMILES string of the molecule is CNC(=O)[C@@H]1CCN(c2nc(-c3ccncc3)nc3c2CCNCC3)C1. The monoisotopic (exact) mass is 352 g/mol. The number of hydrogen-bond donors (Lipinski definition) is 2. The van der Waals surface area contributed by atoms with Gasteiger partial charge in [-0.25, -0.2) is 9.97 Å². The van der Waals surface area contributed by atoms with Crippen LogP contribution in [0.25, 0.3) is 11.4 Å². The number of carbonyl (C=O) groups is 1. The van der Waals surface area contributed by atoms with Gasteiger partial charge < -0.3 is 15.5 Å². The molecule has 2 N–H and O–H groups in total. The maximum Gasteiger partial charge on any atom is 0.224 e. The van der Waals surface area contributed by atoms with E-state index >= 15 is 0 Å². The molecule has 1 atom stereocenters. The van der Waals surface area contributed by atoms with E-state index in [0.29, 0.717) is 6.54 Å². The Kier molecular flexibility index (Phi) is 4.79. The fourth-order valence-electron chi connectivity index (χ4n) is 3.79. The molecule has 4 heterocycles. The first-order chi connectivity index (χ1) is 12.8. The molecule has 2 aliphatic heterocycles. The molecule has 1 saturated heterocycles. The smallest absolute Gasteiger partial charge is 0.224 e. The molecule has 2 aliphatic rings. The van der Waals surface area contributed by atoms with Gasteiger partial charge in [0, 0.05) is 56.6 Å². The van der Waals surface area contributed by atoms with Crippen LogP contribution in [0, 0.1) is 5.92 Å². The summed E-state index contributed by atoms with van der Waals surface area (Å²) in [6, 6.07) is 3.88. The minimum Gasteiger partial charge on any atom is -0.359 e. The van der Waals surface area contributed by atoms with Gasteiger partial charge in [0.15, 0.2) is 5.82 Å². The summed E-state index contributed by atoms with van der Waals surface area (Å²) in [5, 5.41) is 6.22. The Morgan fingerprint density at radius 1 is 1.23 bits per heavy atom. The first-order valence-corrected chi connectivity index (χ1v) is 9.23. The summed E-state index contributed by atoms with van der Waals surface area (Å²) in [5.41, 5.74) is 3.32. The molecule has 26 heavy (non-hydrogen) atoms. The van der Waals surface area contributed by atoms with Crippen LogP contribution in [0.1, 0.15) is 17.7 Å². The molecule has 2 aromatic heterocycles. The third kappa shape index (κ3) is 3.26. The quantitative estimate of drug-likeness (QED) is 0.850. The Bertz CT molecular complexity index is 794. The number of nitrogens with zero attached hydrogens (tertiary/aromatic N) is 4. The second-order valence-electron chi connectivity index (χ2n) is 6.83. The average molecular weight is 352 g/mol. The number of rotatable bonds is 3. The van der Waals surface area contributed by atoms with Crippen molar-refractivity contribution in [2.24, 2.45) is 5.92 Å². The van der Waals surface area contributed by atoms with Crippen LogP contribution in [0.2, 0.25) is 0 Å². The van der Waals surface area contributed by atoms with Crippen LogP contribution in [-0.2, 0) is 17.6 Å². The predicted molar refractivity (Wildman–Crippen MR) is 99.9 cm³/mol. The van der Waals surface area contributed by atoms with E-state index in [1.165, 1.54) is 5.56 Å². The first kappa shape index (κ1) is 16.9. The number of aromatic nitrogens is 3. The van der Waals surface area contributed by atoms with Crippen LogP contribution >= 0.6 is 0 Å². The van der Waals surface area contributed by atoms with Crippen molar-refractivity contribution < 1.29 is 4.79 Å². The normalized spacial score (nSPS) is 19.7. The minimum absolute atomic E-state index is 0.0268. The van der Waals surface area contributed by atoms with Crippen LogP contribution in [0.15, 0.2) is 24.5 Å². The molecule has 1 amide bonds. The van der Waals surface area contributed by atoms with E-state index in [2.05, 4.69) is 20.5 Å². The summed E-state index contributed by atoms with van der Waals surface area (Å²) in [5.74, 6) is 1.88. The van der Waals surface area contributed by atoms with Crippen LogP contribution in [0.5, 0.6) is 0 Å². The Balaban J connectivity index is 1.74. The maximum atomic E-state index is 12.0. The van der Waals surface area contributed by atoms with Crippen molar-refractivity contribution in [2.45, 2.75) is 19.3 Å². The number of hydrogen-bond acceptors (Lipinski definition) is 6. The number of pyridine rings is 1. The molecule has 0 saturated carbocycles. The summed E-state index contributed by atoms with van der Waals surface area (Å²) in [7, 11) is 1.70. The molecule has 4 rings (SSSR count). The van der Waals surface area contributed by atoms with Crippen LogP contribution < -0.4 is 15.5 Å². The van der Waals surface area contributed by atoms with Gasteiger partial charge in [-0.05, 0) is 31.5 Å². The molecule has 0 aliphatic carbocycles. The lowest BCUT2D eigenvalue weighted by Gasteiger charge is -2.22. The van der Waals surface area contributed by atoms with E-state index in [4.69, 9.17) is 9.97 Å². The van der Waals surface area contributed by atoms with Gasteiger partial charge in [-0.2, -0.15) is 0 Å². The van der Waals surface area contributed by atoms with E-state index in [1.807, 2.05) is 12.1 Å². The van der Waals surface area contributed by atoms with E-state index in [0.717, 1.165) is 61.8 Å². The predicted octanol–water partition coefficient (Wildman–Crippen LogP) is 0.799. The average Bonchev–Trinajstić information content (AvgIpc) is 3.06. The zero-order chi connectivity index (χ0) is 17.9. The Labute approximate surface area is 153 Å². The fourth-order valence-corrected chi connectivity index (χ4v) is 3.79. The Morgan fingerprint density at radius 2 is 2.04 bits per heavy atom. The number of nitrogens with one attached hydrogen (secondary N) is 2. The number of fused-ring (bicyclic) bond motifs is 1. The first-order valence-electron chi connectivity index (χ1n) is 9.23. The number of carbonyl (C=O) groups excluding carboxylic acids is 1. The van der Waals surface area contributed by atoms with Crippen molar-refractivity contribution in [3.05, 3.63) is 35.8 Å². The van der Waals surface area contributed by atoms with E-state index in [1.54, 1.807) is 19.4 Å². The molecule has 0 radical (unpaired) electrons. The van der Waals surface area contributed by atoms with Crippen molar-refractivity contribution in [1.82, 2.24) is 25.6 Å². The standard InChI is InChI=1S/C19H24N6O/c1-20-19(26)14-6-11-25(12-14)18-15-4-9-22-10-5-16(15)23-17(24-18)13-2-7-21-8-3-13/h2-3,7-8,14,22H,4-6,9-12H2,1H3,(H,20,26)/t14-/m1/s1. The molecule has 136 valence electrons. The van der Waals surface area contributed by atoms with Crippen LogP contribution in [0.3, 0.4) is 0 Å². The molecule has 7 nitrogen and oxygen atoms in total. The Morgan fingerprint density at radius 3 is 2.85 bits per heavy atom. The van der Waals surface area contributed by atoms with Gasteiger partial charge in [-0.1, -0.05) is 0 Å². The zero-order valence-electron chi connectivity index (χ0n) is 15.0. The molecule has 2 aromatic rings. The lowest BCUT2D eigenvalue weighted by molar-refractivity contribution is -0.123. The van der Waals surface area contributed by atoms with Crippen molar-refractivity contribution >= 4 is 11.7 Å². The lowest BCUT2D eigenvalue weighted by atomic mass is 10.1. The van der Waals surface area contributed by atoms with Crippen LogP contribution in [-0.4, -0.2) is 54.1 Å². The molecule has 0 spiro atoms. The minimum atomic E-state index is 0.0268. The number of anilines is 1. The van der Waals surface area contributed by atoms with Crippen LogP contribution in [0.4, 0.5) is 5.82 Å². The van der Waals surface area contributed by atoms with Gasteiger partial charge >= 0.3 is 0 Å². The molecular formula is C19H24N6O. The van der Waals surface area contributed by atoms with Gasteiger partial charge in [-0.3, -0.25) is 9.78 Å². The fraction of sp³-hybridized carbons (Fsp3) is 0.474. The highest BCUT2D eigenvalue weighted by atomic mass is 16.1. The van der Waals surface area contributed by atoms with Gasteiger partial charge in [0.1, 0.15) is 5.82 Å². The summed E-state index contributed by atoms with van der Waals surface area (Å²) >= 11 is 0. The van der Waals surface area contributed by atoms with E-state index < -0.39 is 0 Å². The largest absolute Gasteiger partial charge is 0.359 e. The molecule has 1 fully saturated rings. The maximum absolute atomic E-state index is 12.0. The van der Waals surface area contributed by atoms with Crippen molar-refractivity contribution in [1.29, 1.82) is 0 Å². The molecular weight excluding hydrogens is 328 g/mol. The number of amides is 1. The van der Waals surface area contributed by atoms with Gasteiger partial charge in [0.05, 0.1) is 11.6 Å².